The van der Waals surface area contributed by atoms with Gasteiger partial charge in [0.2, 0.25) is 0 Å². The SMILES string of the molecule is O=C(c1c[nH]c2nccc(Cl)c12)C1CCCCO1. The van der Waals surface area contributed by atoms with Crippen LogP contribution in [0, 0.1) is 0 Å². The quantitative estimate of drug-likeness (QED) is 0.849. The average Bonchev–Trinajstić information content (AvgIpc) is 2.84. The summed E-state index contributed by atoms with van der Waals surface area (Å²) < 4.78 is 5.53. The molecule has 0 spiro atoms. The van der Waals surface area contributed by atoms with Gasteiger partial charge in [0.1, 0.15) is 11.8 Å². The van der Waals surface area contributed by atoms with E-state index in [9.17, 15) is 4.79 Å². The first-order valence-electron chi connectivity index (χ1n) is 6.05. The van der Waals surface area contributed by atoms with Crippen molar-refractivity contribution in [2.45, 2.75) is 25.4 Å². The van der Waals surface area contributed by atoms with E-state index < -0.39 is 0 Å². The van der Waals surface area contributed by atoms with E-state index >= 15 is 0 Å². The zero-order chi connectivity index (χ0) is 12.5. The number of aromatic amines is 1. The van der Waals surface area contributed by atoms with Crippen LogP contribution in [-0.2, 0) is 4.74 Å². The first-order valence-corrected chi connectivity index (χ1v) is 6.42. The van der Waals surface area contributed by atoms with E-state index in [1.54, 1.807) is 18.5 Å². The molecule has 0 aliphatic carbocycles. The summed E-state index contributed by atoms with van der Waals surface area (Å²) in [5.74, 6) is -0.00384. The molecular weight excluding hydrogens is 252 g/mol. The summed E-state index contributed by atoms with van der Waals surface area (Å²) in [5, 5.41) is 1.23. The van der Waals surface area contributed by atoms with Crippen molar-refractivity contribution in [3.8, 4) is 0 Å². The molecule has 18 heavy (non-hydrogen) atoms. The van der Waals surface area contributed by atoms with E-state index in [0.29, 0.717) is 28.2 Å². The lowest BCUT2D eigenvalue weighted by molar-refractivity contribution is 0.0188. The predicted molar refractivity (Wildman–Crippen MR) is 69.0 cm³/mol. The average molecular weight is 265 g/mol. The number of ether oxygens (including phenoxy) is 1. The topological polar surface area (TPSA) is 55.0 Å². The van der Waals surface area contributed by atoms with Crippen LogP contribution in [0.25, 0.3) is 11.0 Å². The van der Waals surface area contributed by atoms with Crippen molar-refractivity contribution in [3.63, 3.8) is 0 Å². The Hall–Kier alpha value is -1.39. The number of ketones is 1. The molecule has 1 fully saturated rings. The Kier molecular flexibility index (Phi) is 3.06. The van der Waals surface area contributed by atoms with Gasteiger partial charge in [0.05, 0.1) is 5.02 Å². The molecule has 1 atom stereocenters. The summed E-state index contributed by atoms with van der Waals surface area (Å²) >= 11 is 6.13. The molecule has 0 saturated carbocycles. The number of nitrogens with one attached hydrogen (secondary N) is 1. The Bertz CT molecular complexity index is 588. The van der Waals surface area contributed by atoms with Gasteiger partial charge in [0.15, 0.2) is 5.78 Å². The fourth-order valence-corrected chi connectivity index (χ4v) is 2.58. The molecule has 3 heterocycles. The van der Waals surface area contributed by atoms with Gasteiger partial charge in [-0.2, -0.15) is 0 Å². The minimum atomic E-state index is -0.339. The maximum atomic E-state index is 12.4. The lowest BCUT2D eigenvalue weighted by atomic mass is 10.00. The number of aromatic nitrogens is 2. The molecule has 2 aromatic rings. The molecular formula is C13H13ClN2O2. The summed E-state index contributed by atoms with van der Waals surface area (Å²) in [6.45, 7) is 0.657. The van der Waals surface area contributed by atoms with Crippen molar-refractivity contribution < 1.29 is 9.53 Å². The lowest BCUT2D eigenvalue weighted by Crippen LogP contribution is -2.28. The second-order valence-electron chi connectivity index (χ2n) is 4.44. The minimum absolute atomic E-state index is 0.00384. The van der Waals surface area contributed by atoms with Crippen LogP contribution in [0.2, 0.25) is 5.02 Å². The summed E-state index contributed by atoms with van der Waals surface area (Å²) in [5.41, 5.74) is 1.22. The predicted octanol–water partition coefficient (Wildman–Crippen LogP) is 2.97. The zero-order valence-electron chi connectivity index (χ0n) is 9.78. The molecule has 0 radical (unpaired) electrons. The highest BCUT2D eigenvalue weighted by Crippen LogP contribution is 2.27. The van der Waals surface area contributed by atoms with Crippen LogP contribution in [0.4, 0.5) is 0 Å². The highest BCUT2D eigenvalue weighted by molar-refractivity contribution is 6.36. The summed E-state index contributed by atoms with van der Waals surface area (Å²) in [6, 6.07) is 1.69. The van der Waals surface area contributed by atoms with E-state index in [1.807, 2.05) is 0 Å². The molecule has 3 rings (SSSR count). The number of pyridine rings is 1. The molecule has 1 aliphatic heterocycles. The van der Waals surface area contributed by atoms with Crippen LogP contribution in [0.3, 0.4) is 0 Å². The Morgan fingerprint density at radius 1 is 1.50 bits per heavy atom. The fourth-order valence-electron chi connectivity index (χ4n) is 2.33. The van der Waals surface area contributed by atoms with Crippen LogP contribution < -0.4 is 0 Å². The molecule has 0 amide bonds. The maximum Gasteiger partial charge on any atom is 0.193 e. The monoisotopic (exact) mass is 264 g/mol. The van der Waals surface area contributed by atoms with E-state index in [1.165, 1.54) is 0 Å². The first-order chi connectivity index (χ1) is 8.77. The van der Waals surface area contributed by atoms with E-state index in [-0.39, 0.29) is 11.9 Å². The largest absolute Gasteiger partial charge is 0.370 e. The van der Waals surface area contributed by atoms with Gasteiger partial charge in [0.25, 0.3) is 0 Å². The van der Waals surface area contributed by atoms with Gasteiger partial charge in [-0.1, -0.05) is 11.6 Å². The number of carbonyl (C=O) groups excluding carboxylic acids is 1. The third kappa shape index (κ3) is 1.91. The number of hydrogen-bond acceptors (Lipinski definition) is 3. The van der Waals surface area contributed by atoms with Gasteiger partial charge in [0, 0.05) is 30.0 Å². The molecule has 1 aliphatic rings. The van der Waals surface area contributed by atoms with Crippen LogP contribution in [-0.4, -0.2) is 28.5 Å². The van der Waals surface area contributed by atoms with Gasteiger partial charge >= 0.3 is 0 Å². The van der Waals surface area contributed by atoms with E-state index in [4.69, 9.17) is 16.3 Å². The third-order valence-corrected chi connectivity index (χ3v) is 3.58. The van der Waals surface area contributed by atoms with Crippen molar-refractivity contribution in [1.29, 1.82) is 0 Å². The smallest absolute Gasteiger partial charge is 0.193 e. The molecule has 94 valence electrons. The van der Waals surface area contributed by atoms with Gasteiger partial charge in [-0.3, -0.25) is 4.79 Å². The maximum absolute atomic E-state index is 12.4. The molecule has 1 saturated heterocycles. The minimum Gasteiger partial charge on any atom is -0.370 e. The third-order valence-electron chi connectivity index (χ3n) is 3.26. The van der Waals surface area contributed by atoms with Crippen molar-refractivity contribution >= 4 is 28.4 Å². The van der Waals surface area contributed by atoms with Crippen molar-refractivity contribution in [2.24, 2.45) is 0 Å². The number of H-pyrrole nitrogens is 1. The number of Topliss-reactive ketones (excluding diaryl/α,β-unsaturated/α-hetero) is 1. The van der Waals surface area contributed by atoms with Crippen molar-refractivity contribution in [2.75, 3.05) is 6.61 Å². The molecule has 2 aromatic heterocycles. The number of rotatable bonds is 2. The summed E-state index contributed by atoms with van der Waals surface area (Å²) in [4.78, 5) is 19.5. The highest BCUT2D eigenvalue weighted by Gasteiger charge is 2.26. The normalized spacial score (nSPS) is 20.2. The molecule has 5 heteroatoms. The number of carbonyl (C=O) groups is 1. The van der Waals surface area contributed by atoms with Crippen LogP contribution in [0.5, 0.6) is 0 Å². The molecule has 0 bridgehead atoms. The molecule has 4 nitrogen and oxygen atoms in total. The standard InChI is InChI=1S/C13H13ClN2O2/c14-9-4-5-15-13-11(9)8(7-16-13)12(17)10-3-1-2-6-18-10/h4-5,7,10H,1-3,6H2,(H,15,16). The van der Waals surface area contributed by atoms with Crippen molar-refractivity contribution in [3.05, 3.63) is 29.0 Å². The van der Waals surface area contributed by atoms with Gasteiger partial charge in [-0.05, 0) is 25.3 Å². The Morgan fingerprint density at radius 3 is 3.17 bits per heavy atom. The second kappa shape index (κ2) is 4.71. The Balaban J connectivity index is 2.01. The van der Waals surface area contributed by atoms with Crippen LogP contribution in [0.1, 0.15) is 29.6 Å². The summed E-state index contributed by atoms with van der Waals surface area (Å²) in [6.07, 6.45) is 5.79. The number of fused-ring (bicyclic) bond motifs is 1. The fraction of sp³-hybridized carbons (Fsp3) is 0.385. The number of hydrogen-bond donors (Lipinski definition) is 1. The van der Waals surface area contributed by atoms with Gasteiger partial charge in [-0.15, -0.1) is 0 Å². The number of nitrogens with zero attached hydrogens (tertiary/aromatic N) is 1. The number of halogens is 1. The zero-order valence-corrected chi connectivity index (χ0v) is 10.5. The van der Waals surface area contributed by atoms with E-state index in [2.05, 4.69) is 9.97 Å². The van der Waals surface area contributed by atoms with Crippen molar-refractivity contribution in [1.82, 2.24) is 9.97 Å². The van der Waals surface area contributed by atoms with Crippen LogP contribution in [0.15, 0.2) is 18.5 Å². The van der Waals surface area contributed by atoms with Gasteiger partial charge < -0.3 is 9.72 Å². The van der Waals surface area contributed by atoms with E-state index in [0.717, 1.165) is 19.3 Å². The highest BCUT2D eigenvalue weighted by atomic mass is 35.5. The Labute approximate surface area is 109 Å². The summed E-state index contributed by atoms with van der Waals surface area (Å²) in [7, 11) is 0. The Morgan fingerprint density at radius 2 is 2.39 bits per heavy atom. The molecule has 1 unspecified atom stereocenters. The lowest BCUT2D eigenvalue weighted by Gasteiger charge is -2.21. The molecule has 0 aromatic carbocycles. The van der Waals surface area contributed by atoms with Gasteiger partial charge in [-0.25, -0.2) is 4.98 Å². The molecule has 1 N–H and O–H groups in total. The second-order valence-corrected chi connectivity index (χ2v) is 4.85. The first kappa shape index (κ1) is 11.7. The van der Waals surface area contributed by atoms with Crippen LogP contribution >= 0.6 is 11.6 Å².